The lowest BCUT2D eigenvalue weighted by Crippen LogP contribution is -2.32. The fraction of sp³-hybridized carbons (Fsp3) is 0.364. The molecule has 0 bridgehead atoms. The predicted octanol–water partition coefficient (Wildman–Crippen LogP) is 5.32. The Morgan fingerprint density at radius 1 is 1.16 bits per heavy atom. The molecular formula is C22H25Cl2FN4O2. The van der Waals surface area contributed by atoms with Gasteiger partial charge in [-0.15, -0.1) is 12.4 Å². The maximum atomic E-state index is 14.2. The van der Waals surface area contributed by atoms with Crippen LogP contribution in [0.5, 0.6) is 11.5 Å². The maximum Gasteiger partial charge on any atom is 0.163 e. The molecule has 1 aromatic heterocycles. The summed E-state index contributed by atoms with van der Waals surface area (Å²) in [7, 11) is 3.74. The molecule has 2 heterocycles. The minimum Gasteiger partial charge on any atom is -0.493 e. The molecule has 6 nitrogen and oxygen atoms in total. The number of rotatable bonds is 6. The number of aromatic nitrogens is 2. The largest absolute Gasteiger partial charge is 0.493 e. The highest BCUT2D eigenvalue weighted by Gasteiger charge is 2.19. The molecule has 0 aliphatic carbocycles. The van der Waals surface area contributed by atoms with E-state index in [0.29, 0.717) is 45.8 Å². The Labute approximate surface area is 192 Å². The summed E-state index contributed by atoms with van der Waals surface area (Å²) >= 11 is 5.84. The molecule has 1 saturated heterocycles. The van der Waals surface area contributed by atoms with E-state index in [4.69, 9.17) is 21.1 Å². The standard InChI is InChI=1S/C22H24ClFN4O2.ClH/c1-28-7-5-14(6-8-28)12-30-21-11-19-16(10-20(21)29-2)22(26-13-25-19)27-18-4-3-15(23)9-17(18)24;/h3-4,9-11,13-14H,5-8,12H2,1-2H3,(H,25,26,27);1H. The molecule has 0 spiro atoms. The van der Waals surface area contributed by atoms with Crippen molar-refractivity contribution in [3.8, 4) is 11.5 Å². The molecule has 1 aliphatic heterocycles. The van der Waals surface area contributed by atoms with E-state index in [1.165, 1.54) is 12.4 Å². The highest BCUT2D eigenvalue weighted by molar-refractivity contribution is 6.30. The fourth-order valence-corrected chi connectivity index (χ4v) is 3.75. The number of halogens is 3. The number of benzene rings is 2. The molecule has 0 unspecified atom stereocenters. The van der Waals surface area contributed by atoms with Crippen molar-refractivity contribution < 1.29 is 13.9 Å². The number of hydrogen-bond donors (Lipinski definition) is 1. The summed E-state index contributed by atoms with van der Waals surface area (Å²) in [6, 6.07) is 8.10. The fourth-order valence-electron chi connectivity index (χ4n) is 3.59. The van der Waals surface area contributed by atoms with Crippen LogP contribution < -0.4 is 14.8 Å². The van der Waals surface area contributed by atoms with Crippen molar-refractivity contribution in [2.45, 2.75) is 12.8 Å². The molecule has 0 atom stereocenters. The second-order valence-corrected chi connectivity index (χ2v) is 7.99. The average molecular weight is 467 g/mol. The lowest BCUT2D eigenvalue weighted by Gasteiger charge is -2.28. The zero-order chi connectivity index (χ0) is 21.1. The number of anilines is 2. The normalized spacial score (nSPS) is 14.8. The first-order valence-corrected chi connectivity index (χ1v) is 10.3. The van der Waals surface area contributed by atoms with Gasteiger partial charge in [0.1, 0.15) is 18.0 Å². The summed E-state index contributed by atoms with van der Waals surface area (Å²) in [5.74, 6) is 1.77. The summed E-state index contributed by atoms with van der Waals surface area (Å²) in [6.45, 7) is 2.82. The molecule has 31 heavy (non-hydrogen) atoms. The van der Waals surface area contributed by atoms with Gasteiger partial charge in [-0.25, -0.2) is 14.4 Å². The van der Waals surface area contributed by atoms with Crippen molar-refractivity contribution in [1.82, 2.24) is 14.9 Å². The van der Waals surface area contributed by atoms with Gasteiger partial charge >= 0.3 is 0 Å². The SMILES string of the molecule is COc1cc2c(Nc3ccc(Cl)cc3F)ncnc2cc1OCC1CCN(C)CC1.Cl. The van der Waals surface area contributed by atoms with Crippen molar-refractivity contribution in [1.29, 1.82) is 0 Å². The molecular weight excluding hydrogens is 442 g/mol. The molecule has 3 aromatic rings. The number of fused-ring (bicyclic) bond motifs is 1. The van der Waals surface area contributed by atoms with Gasteiger partial charge in [-0.3, -0.25) is 0 Å². The van der Waals surface area contributed by atoms with E-state index in [1.54, 1.807) is 19.2 Å². The Bertz CT molecular complexity index is 1050. The van der Waals surface area contributed by atoms with Crippen LogP contribution in [-0.4, -0.2) is 48.7 Å². The van der Waals surface area contributed by atoms with Crippen molar-refractivity contribution in [2.24, 2.45) is 5.92 Å². The number of nitrogens with one attached hydrogen (secondary N) is 1. The van der Waals surface area contributed by atoms with Crippen LogP contribution in [0.1, 0.15) is 12.8 Å². The third-order valence-corrected chi connectivity index (χ3v) is 5.65. The molecule has 1 N–H and O–H groups in total. The summed E-state index contributed by atoms with van der Waals surface area (Å²) in [4.78, 5) is 11.0. The van der Waals surface area contributed by atoms with Crippen LogP contribution in [0, 0.1) is 11.7 Å². The van der Waals surface area contributed by atoms with E-state index in [1.807, 2.05) is 12.1 Å². The van der Waals surface area contributed by atoms with Gasteiger partial charge in [0.05, 0.1) is 24.9 Å². The van der Waals surface area contributed by atoms with Crippen LogP contribution in [-0.2, 0) is 0 Å². The molecule has 1 fully saturated rings. The van der Waals surface area contributed by atoms with E-state index < -0.39 is 5.82 Å². The van der Waals surface area contributed by atoms with Gasteiger partial charge in [-0.2, -0.15) is 0 Å². The van der Waals surface area contributed by atoms with Crippen LogP contribution in [0.4, 0.5) is 15.9 Å². The highest BCUT2D eigenvalue weighted by atomic mass is 35.5. The van der Waals surface area contributed by atoms with Gasteiger partial charge < -0.3 is 19.7 Å². The number of ether oxygens (including phenoxy) is 2. The summed E-state index contributed by atoms with van der Waals surface area (Å²) < 4.78 is 25.9. The first-order valence-electron chi connectivity index (χ1n) is 9.89. The number of methoxy groups -OCH3 is 1. The molecule has 166 valence electrons. The lowest BCUT2D eigenvalue weighted by molar-refractivity contribution is 0.157. The Morgan fingerprint density at radius 3 is 2.65 bits per heavy atom. The Morgan fingerprint density at radius 2 is 1.94 bits per heavy atom. The summed E-state index contributed by atoms with van der Waals surface area (Å²) in [6.07, 6.45) is 3.68. The van der Waals surface area contributed by atoms with E-state index in [0.717, 1.165) is 25.9 Å². The minimum absolute atomic E-state index is 0. The molecule has 0 amide bonds. The molecule has 1 aliphatic rings. The quantitative estimate of drug-likeness (QED) is 0.530. The number of nitrogens with zero attached hydrogens (tertiary/aromatic N) is 3. The number of likely N-dealkylation sites (tertiary alicyclic amines) is 1. The Hall–Kier alpha value is -2.35. The van der Waals surface area contributed by atoms with Crippen LogP contribution in [0.15, 0.2) is 36.7 Å². The van der Waals surface area contributed by atoms with Crippen LogP contribution in [0.3, 0.4) is 0 Å². The van der Waals surface area contributed by atoms with Crippen molar-refractivity contribution in [3.05, 3.63) is 47.5 Å². The van der Waals surface area contributed by atoms with Crippen molar-refractivity contribution >= 4 is 46.4 Å². The van der Waals surface area contributed by atoms with Crippen molar-refractivity contribution in [2.75, 3.05) is 39.2 Å². The monoisotopic (exact) mass is 466 g/mol. The van der Waals surface area contributed by atoms with E-state index >= 15 is 0 Å². The summed E-state index contributed by atoms with van der Waals surface area (Å²) in [5.41, 5.74) is 0.960. The molecule has 4 rings (SSSR count). The van der Waals surface area contributed by atoms with Crippen molar-refractivity contribution in [3.63, 3.8) is 0 Å². The molecule has 2 aromatic carbocycles. The Balaban J connectivity index is 0.00000272. The second-order valence-electron chi connectivity index (χ2n) is 7.55. The summed E-state index contributed by atoms with van der Waals surface area (Å²) in [5, 5.41) is 4.05. The average Bonchev–Trinajstić information content (AvgIpc) is 2.75. The first-order chi connectivity index (χ1) is 14.5. The Kier molecular flexibility index (Phi) is 7.75. The van der Waals surface area contributed by atoms with Gasteiger partial charge in [0.2, 0.25) is 0 Å². The van der Waals surface area contributed by atoms with E-state index in [-0.39, 0.29) is 18.1 Å². The van der Waals surface area contributed by atoms with Crippen LogP contribution >= 0.6 is 24.0 Å². The van der Waals surface area contributed by atoms with E-state index in [2.05, 4.69) is 27.2 Å². The van der Waals surface area contributed by atoms with Gasteiger partial charge in [0, 0.05) is 16.5 Å². The molecule has 9 heteroatoms. The van der Waals surface area contributed by atoms with Gasteiger partial charge in [0.25, 0.3) is 0 Å². The maximum absolute atomic E-state index is 14.2. The number of hydrogen-bond acceptors (Lipinski definition) is 6. The van der Waals surface area contributed by atoms with Crippen LogP contribution in [0.2, 0.25) is 5.02 Å². The smallest absolute Gasteiger partial charge is 0.163 e. The second kappa shape index (κ2) is 10.3. The van der Waals surface area contributed by atoms with Gasteiger partial charge in [0.15, 0.2) is 11.5 Å². The first kappa shape index (κ1) is 23.3. The lowest BCUT2D eigenvalue weighted by atomic mass is 9.98. The predicted molar refractivity (Wildman–Crippen MR) is 124 cm³/mol. The van der Waals surface area contributed by atoms with Gasteiger partial charge in [-0.05, 0) is 63.2 Å². The topological polar surface area (TPSA) is 59.5 Å². The molecule has 0 saturated carbocycles. The zero-order valence-electron chi connectivity index (χ0n) is 17.4. The third-order valence-electron chi connectivity index (χ3n) is 5.42. The van der Waals surface area contributed by atoms with Crippen LogP contribution in [0.25, 0.3) is 10.9 Å². The minimum atomic E-state index is -0.459. The number of piperidine rings is 1. The highest BCUT2D eigenvalue weighted by Crippen LogP contribution is 2.35. The van der Waals surface area contributed by atoms with E-state index in [9.17, 15) is 4.39 Å². The van der Waals surface area contributed by atoms with Gasteiger partial charge in [-0.1, -0.05) is 11.6 Å². The molecule has 0 radical (unpaired) electrons. The third kappa shape index (κ3) is 5.47. The zero-order valence-corrected chi connectivity index (χ0v) is 19.0.